The number of anilines is 1. The minimum Gasteiger partial charge on any atom is -0.379 e. The van der Waals surface area contributed by atoms with Gasteiger partial charge in [-0.2, -0.15) is 0 Å². The zero-order chi connectivity index (χ0) is 17.4. The van der Waals surface area contributed by atoms with Gasteiger partial charge >= 0.3 is 0 Å². The summed E-state index contributed by atoms with van der Waals surface area (Å²) in [6, 6.07) is 7.76. The van der Waals surface area contributed by atoms with E-state index in [-0.39, 0.29) is 18.4 Å². The molecule has 1 aliphatic heterocycles. The molecule has 6 heteroatoms. The summed E-state index contributed by atoms with van der Waals surface area (Å²) in [4.78, 5) is 27.8. The van der Waals surface area contributed by atoms with Crippen LogP contribution in [0.5, 0.6) is 0 Å². The maximum atomic E-state index is 12.1. The van der Waals surface area contributed by atoms with Crippen molar-refractivity contribution in [1.29, 1.82) is 0 Å². The number of amides is 2. The third-order valence-corrected chi connectivity index (χ3v) is 4.19. The third kappa shape index (κ3) is 5.62. The molecule has 1 aliphatic rings. The lowest BCUT2D eigenvalue weighted by atomic mass is 10.1. The standard InChI is InChI=1S/C18H27N3O3/c1-3-16-4-6-17(7-5-16)21(15(2)22)14-18(23)19-8-9-20-10-12-24-13-11-20/h4-7H,3,8-14H2,1-2H3,(H,19,23). The number of morpholine rings is 1. The molecular weight excluding hydrogens is 306 g/mol. The molecule has 1 fully saturated rings. The highest BCUT2D eigenvalue weighted by molar-refractivity contribution is 5.97. The lowest BCUT2D eigenvalue weighted by Gasteiger charge is -2.26. The Balaban J connectivity index is 1.82. The van der Waals surface area contributed by atoms with Crippen molar-refractivity contribution in [3.63, 3.8) is 0 Å². The lowest BCUT2D eigenvalue weighted by molar-refractivity contribution is -0.123. The molecule has 0 spiro atoms. The summed E-state index contributed by atoms with van der Waals surface area (Å²) in [6.45, 7) is 8.30. The molecule has 0 unspecified atom stereocenters. The number of nitrogens with zero attached hydrogens (tertiary/aromatic N) is 2. The molecule has 0 aliphatic carbocycles. The highest BCUT2D eigenvalue weighted by Gasteiger charge is 2.16. The van der Waals surface area contributed by atoms with Crippen molar-refractivity contribution in [3.05, 3.63) is 29.8 Å². The normalized spacial score (nSPS) is 15.1. The van der Waals surface area contributed by atoms with Crippen molar-refractivity contribution in [2.24, 2.45) is 0 Å². The highest BCUT2D eigenvalue weighted by Crippen LogP contribution is 2.15. The Labute approximate surface area is 143 Å². The predicted molar refractivity (Wildman–Crippen MR) is 94.1 cm³/mol. The molecule has 1 aromatic carbocycles. The van der Waals surface area contributed by atoms with Gasteiger partial charge in [0.1, 0.15) is 6.54 Å². The molecule has 1 aromatic rings. The predicted octanol–water partition coefficient (Wildman–Crippen LogP) is 1.05. The van der Waals surface area contributed by atoms with E-state index in [0.717, 1.165) is 45.0 Å². The van der Waals surface area contributed by atoms with Crippen LogP contribution in [-0.4, -0.2) is 62.7 Å². The lowest BCUT2D eigenvalue weighted by Crippen LogP contribution is -2.44. The molecule has 0 bridgehead atoms. The highest BCUT2D eigenvalue weighted by atomic mass is 16.5. The van der Waals surface area contributed by atoms with Crippen LogP contribution in [0.2, 0.25) is 0 Å². The summed E-state index contributed by atoms with van der Waals surface area (Å²) in [5.74, 6) is -0.277. The second-order valence-electron chi connectivity index (χ2n) is 5.93. The Morgan fingerprint density at radius 1 is 1.21 bits per heavy atom. The van der Waals surface area contributed by atoms with Crippen LogP contribution in [0.15, 0.2) is 24.3 Å². The first-order valence-electron chi connectivity index (χ1n) is 8.54. The molecule has 1 saturated heterocycles. The van der Waals surface area contributed by atoms with Crippen LogP contribution >= 0.6 is 0 Å². The van der Waals surface area contributed by atoms with E-state index in [9.17, 15) is 9.59 Å². The monoisotopic (exact) mass is 333 g/mol. The van der Waals surface area contributed by atoms with Gasteiger partial charge < -0.3 is 15.0 Å². The molecule has 2 rings (SSSR count). The molecular formula is C18H27N3O3. The van der Waals surface area contributed by atoms with E-state index >= 15 is 0 Å². The van der Waals surface area contributed by atoms with E-state index in [4.69, 9.17) is 4.74 Å². The Bertz CT molecular complexity index is 539. The molecule has 0 aromatic heterocycles. The largest absolute Gasteiger partial charge is 0.379 e. The zero-order valence-corrected chi connectivity index (χ0v) is 14.6. The van der Waals surface area contributed by atoms with Gasteiger partial charge in [-0.05, 0) is 24.1 Å². The number of hydrogen-bond donors (Lipinski definition) is 1. The molecule has 1 heterocycles. The first kappa shape index (κ1) is 18.4. The molecule has 6 nitrogen and oxygen atoms in total. The van der Waals surface area contributed by atoms with Gasteiger partial charge in [0.25, 0.3) is 0 Å². The molecule has 132 valence electrons. The van der Waals surface area contributed by atoms with Crippen molar-refractivity contribution in [1.82, 2.24) is 10.2 Å². The molecule has 0 saturated carbocycles. The van der Waals surface area contributed by atoms with Crippen LogP contribution in [0.4, 0.5) is 5.69 Å². The molecule has 0 radical (unpaired) electrons. The Morgan fingerprint density at radius 2 is 1.88 bits per heavy atom. The molecule has 2 amide bonds. The Hall–Kier alpha value is -1.92. The van der Waals surface area contributed by atoms with Gasteiger partial charge in [0.15, 0.2) is 0 Å². The number of nitrogens with one attached hydrogen (secondary N) is 1. The molecule has 1 N–H and O–H groups in total. The third-order valence-electron chi connectivity index (χ3n) is 4.19. The van der Waals surface area contributed by atoms with Gasteiger partial charge in [0, 0.05) is 38.8 Å². The quantitative estimate of drug-likeness (QED) is 0.810. The van der Waals surface area contributed by atoms with E-state index in [1.807, 2.05) is 24.3 Å². The Kier molecular flexibility index (Phi) is 7.21. The summed E-state index contributed by atoms with van der Waals surface area (Å²) in [7, 11) is 0. The fourth-order valence-electron chi connectivity index (χ4n) is 2.67. The number of benzene rings is 1. The number of carbonyl (C=O) groups is 2. The van der Waals surface area contributed by atoms with E-state index in [2.05, 4.69) is 17.1 Å². The zero-order valence-electron chi connectivity index (χ0n) is 14.6. The average molecular weight is 333 g/mol. The number of aryl methyl sites for hydroxylation is 1. The molecule has 0 atom stereocenters. The summed E-state index contributed by atoms with van der Waals surface area (Å²) < 4.78 is 5.30. The number of hydrogen-bond acceptors (Lipinski definition) is 4. The Morgan fingerprint density at radius 3 is 2.46 bits per heavy atom. The smallest absolute Gasteiger partial charge is 0.240 e. The first-order valence-corrected chi connectivity index (χ1v) is 8.54. The number of carbonyl (C=O) groups excluding carboxylic acids is 2. The first-order chi connectivity index (χ1) is 11.6. The van der Waals surface area contributed by atoms with Crippen LogP contribution < -0.4 is 10.2 Å². The molecule has 24 heavy (non-hydrogen) atoms. The fraction of sp³-hybridized carbons (Fsp3) is 0.556. The maximum Gasteiger partial charge on any atom is 0.240 e. The van der Waals surface area contributed by atoms with E-state index < -0.39 is 0 Å². The second-order valence-corrected chi connectivity index (χ2v) is 5.93. The minimum atomic E-state index is -0.141. The van der Waals surface area contributed by atoms with Gasteiger partial charge in [-0.3, -0.25) is 14.5 Å². The van der Waals surface area contributed by atoms with Crippen molar-refractivity contribution < 1.29 is 14.3 Å². The fourth-order valence-corrected chi connectivity index (χ4v) is 2.67. The minimum absolute atomic E-state index is 0.0456. The number of ether oxygens (including phenoxy) is 1. The van der Waals surface area contributed by atoms with E-state index in [1.54, 1.807) is 0 Å². The van der Waals surface area contributed by atoms with Crippen LogP contribution in [-0.2, 0) is 20.7 Å². The van der Waals surface area contributed by atoms with Gasteiger partial charge in [-0.1, -0.05) is 19.1 Å². The second kappa shape index (κ2) is 9.39. The topological polar surface area (TPSA) is 61.9 Å². The summed E-state index contributed by atoms with van der Waals surface area (Å²) in [6.07, 6.45) is 0.947. The maximum absolute atomic E-state index is 12.1. The summed E-state index contributed by atoms with van der Waals surface area (Å²) in [5, 5.41) is 2.89. The van der Waals surface area contributed by atoms with E-state index in [0.29, 0.717) is 6.54 Å². The van der Waals surface area contributed by atoms with Gasteiger partial charge in [0.05, 0.1) is 13.2 Å². The van der Waals surface area contributed by atoms with Crippen molar-refractivity contribution >= 4 is 17.5 Å². The van der Waals surface area contributed by atoms with Crippen LogP contribution in [0.1, 0.15) is 19.4 Å². The van der Waals surface area contributed by atoms with Crippen LogP contribution in [0, 0.1) is 0 Å². The average Bonchev–Trinajstić information content (AvgIpc) is 2.60. The summed E-state index contributed by atoms with van der Waals surface area (Å²) in [5.41, 5.74) is 1.96. The van der Waals surface area contributed by atoms with E-state index in [1.165, 1.54) is 17.4 Å². The van der Waals surface area contributed by atoms with Gasteiger partial charge in [0.2, 0.25) is 11.8 Å². The van der Waals surface area contributed by atoms with Crippen molar-refractivity contribution in [2.75, 3.05) is 50.8 Å². The van der Waals surface area contributed by atoms with Crippen molar-refractivity contribution in [3.8, 4) is 0 Å². The van der Waals surface area contributed by atoms with Crippen LogP contribution in [0.25, 0.3) is 0 Å². The number of rotatable bonds is 7. The summed E-state index contributed by atoms with van der Waals surface area (Å²) >= 11 is 0. The van der Waals surface area contributed by atoms with Gasteiger partial charge in [-0.25, -0.2) is 0 Å². The SMILES string of the molecule is CCc1ccc(N(CC(=O)NCCN2CCOCC2)C(C)=O)cc1. The van der Waals surface area contributed by atoms with Crippen molar-refractivity contribution in [2.45, 2.75) is 20.3 Å². The van der Waals surface area contributed by atoms with Crippen LogP contribution in [0.3, 0.4) is 0 Å². The van der Waals surface area contributed by atoms with Gasteiger partial charge in [-0.15, -0.1) is 0 Å².